The number of nitrogens with zero attached hydrogens (tertiary/aromatic N) is 1. The highest BCUT2D eigenvalue weighted by molar-refractivity contribution is 7.89. The van der Waals surface area contributed by atoms with Crippen LogP contribution >= 0.6 is 0 Å². The lowest BCUT2D eigenvalue weighted by atomic mass is 10.1. The van der Waals surface area contributed by atoms with Gasteiger partial charge in [-0.3, -0.25) is 4.79 Å². The molecule has 2 aromatic carbocycles. The minimum absolute atomic E-state index is 0.00795. The molecule has 1 fully saturated rings. The molecular weight excluding hydrogens is 368 g/mol. The number of para-hydroxylation sites is 1. The fourth-order valence-corrected chi connectivity index (χ4v) is 4.37. The van der Waals surface area contributed by atoms with Crippen LogP contribution in [0.3, 0.4) is 0 Å². The van der Waals surface area contributed by atoms with Gasteiger partial charge in [-0.05, 0) is 30.2 Å². The Hall–Kier alpha value is -2.58. The van der Waals surface area contributed by atoms with Crippen LogP contribution in [0.2, 0.25) is 0 Å². The van der Waals surface area contributed by atoms with Crippen molar-refractivity contribution in [2.45, 2.75) is 11.3 Å². The standard InChI is InChI=1S/C19H22N2O5S/c1-25-16-8-9-17(26-2)18(11-16)27(23,24)20-12-14-10-19(22)21(13-14)15-6-4-3-5-7-15/h3-9,11,14,20H,10,12-13H2,1-2H3/t14-/m1/s1. The summed E-state index contributed by atoms with van der Waals surface area (Å²) >= 11 is 0. The fourth-order valence-electron chi connectivity index (χ4n) is 3.08. The zero-order chi connectivity index (χ0) is 19.4. The quantitative estimate of drug-likeness (QED) is 0.782. The number of ether oxygens (including phenoxy) is 2. The van der Waals surface area contributed by atoms with Gasteiger partial charge in [-0.2, -0.15) is 0 Å². The molecule has 8 heteroatoms. The molecule has 0 bridgehead atoms. The van der Waals surface area contributed by atoms with Crippen molar-refractivity contribution in [3.63, 3.8) is 0 Å². The van der Waals surface area contributed by atoms with Gasteiger partial charge in [0.25, 0.3) is 0 Å². The Bertz CT molecular complexity index is 915. The molecule has 2 aromatic rings. The van der Waals surface area contributed by atoms with Crippen LogP contribution in [0.1, 0.15) is 6.42 Å². The van der Waals surface area contributed by atoms with Crippen molar-refractivity contribution in [2.24, 2.45) is 5.92 Å². The Balaban J connectivity index is 1.71. The van der Waals surface area contributed by atoms with E-state index in [1.54, 1.807) is 17.0 Å². The first-order valence-corrected chi connectivity index (χ1v) is 10.00. The third kappa shape index (κ3) is 4.23. The van der Waals surface area contributed by atoms with Gasteiger partial charge in [0.15, 0.2) is 0 Å². The maximum absolute atomic E-state index is 12.7. The molecule has 0 spiro atoms. The van der Waals surface area contributed by atoms with Crippen molar-refractivity contribution >= 4 is 21.6 Å². The molecule has 0 unspecified atom stereocenters. The number of methoxy groups -OCH3 is 2. The van der Waals surface area contributed by atoms with Gasteiger partial charge in [0.2, 0.25) is 15.9 Å². The van der Waals surface area contributed by atoms with Crippen LogP contribution in [0.25, 0.3) is 0 Å². The van der Waals surface area contributed by atoms with E-state index in [2.05, 4.69) is 4.72 Å². The number of hydrogen-bond donors (Lipinski definition) is 1. The van der Waals surface area contributed by atoms with E-state index in [0.29, 0.717) is 18.7 Å². The van der Waals surface area contributed by atoms with Gasteiger partial charge in [0.1, 0.15) is 16.4 Å². The average Bonchev–Trinajstić information content (AvgIpc) is 3.07. The second kappa shape index (κ2) is 7.98. The zero-order valence-electron chi connectivity index (χ0n) is 15.2. The Morgan fingerprint density at radius 2 is 1.85 bits per heavy atom. The highest BCUT2D eigenvalue weighted by Crippen LogP contribution is 2.29. The van der Waals surface area contributed by atoms with Crippen molar-refractivity contribution in [1.82, 2.24) is 4.72 Å². The van der Waals surface area contributed by atoms with E-state index in [0.717, 1.165) is 5.69 Å². The number of sulfonamides is 1. The van der Waals surface area contributed by atoms with Crippen molar-refractivity contribution < 1.29 is 22.7 Å². The van der Waals surface area contributed by atoms with Crippen LogP contribution < -0.4 is 19.1 Å². The maximum Gasteiger partial charge on any atom is 0.244 e. The van der Waals surface area contributed by atoms with Crippen LogP contribution in [0.4, 0.5) is 5.69 Å². The van der Waals surface area contributed by atoms with Crippen molar-refractivity contribution in [2.75, 3.05) is 32.2 Å². The van der Waals surface area contributed by atoms with Crippen molar-refractivity contribution in [1.29, 1.82) is 0 Å². The van der Waals surface area contributed by atoms with Crippen LogP contribution in [0.5, 0.6) is 11.5 Å². The fraction of sp³-hybridized carbons (Fsp3) is 0.316. The van der Waals surface area contributed by atoms with Crippen LogP contribution in [-0.2, 0) is 14.8 Å². The molecule has 1 aliphatic rings. The predicted octanol–water partition coefficient (Wildman–Crippen LogP) is 2.04. The van der Waals surface area contributed by atoms with E-state index in [1.807, 2.05) is 30.3 Å². The molecule has 1 saturated heterocycles. The van der Waals surface area contributed by atoms with Gasteiger partial charge in [0, 0.05) is 31.3 Å². The highest BCUT2D eigenvalue weighted by Gasteiger charge is 2.32. The second-order valence-electron chi connectivity index (χ2n) is 6.28. The summed E-state index contributed by atoms with van der Waals surface area (Å²) in [7, 11) is -0.930. The Kier molecular flexibility index (Phi) is 5.67. The molecule has 1 aliphatic heterocycles. The van der Waals surface area contributed by atoms with Gasteiger partial charge in [-0.25, -0.2) is 13.1 Å². The Morgan fingerprint density at radius 1 is 1.11 bits per heavy atom. The summed E-state index contributed by atoms with van der Waals surface area (Å²) in [5.74, 6) is 0.535. The van der Waals surface area contributed by atoms with Gasteiger partial charge < -0.3 is 14.4 Å². The smallest absolute Gasteiger partial charge is 0.244 e. The SMILES string of the molecule is COc1ccc(OC)c(S(=O)(=O)NC[C@H]2CC(=O)N(c3ccccc3)C2)c1. The normalized spacial score (nSPS) is 17.2. The number of carbonyl (C=O) groups is 1. The topological polar surface area (TPSA) is 84.9 Å². The lowest BCUT2D eigenvalue weighted by Gasteiger charge is -2.17. The first-order valence-electron chi connectivity index (χ1n) is 8.51. The molecular formula is C19H22N2O5S. The van der Waals surface area contributed by atoms with E-state index in [4.69, 9.17) is 9.47 Å². The summed E-state index contributed by atoms with van der Waals surface area (Å²) in [6.07, 6.45) is 0.298. The van der Waals surface area contributed by atoms with Crippen LogP contribution in [0, 0.1) is 5.92 Å². The summed E-state index contributed by atoms with van der Waals surface area (Å²) in [5, 5.41) is 0. The molecule has 1 N–H and O–H groups in total. The molecule has 1 amide bonds. The summed E-state index contributed by atoms with van der Waals surface area (Å²) in [5.41, 5.74) is 0.822. The molecule has 27 heavy (non-hydrogen) atoms. The molecule has 1 atom stereocenters. The third-order valence-electron chi connectivity index (χ3n) is 4.50. The van der Waals surface area contributed by atoms with E-state index in [1.165, 1.54) is 20.3 Å². The number of rotatable bonds is 7. The summed E-state index contributed by atoms with van der Waals surface area (Å²) in [6.45, 7) is 0.637. The lowest BCUT2D eigenvalue weighted by Crippen LogP contribution is -2.31. The van der Waals surface area contributed by atoms with E-state index in [-0.39, 0.29) is 29.0 Å². The van der Waals surface area contributed by atoms with Crippen LogP contribution in [0.15, 0.2) is 53.4 Å². The summed E-state index contributed by atoms with van der Waals surface area (Å²) < 4.78 is 38.3. The minimum Gasteiger partial charge on any atom is -0.497 e. The average molecular weight is 390 g/mol. The van der Waals surface area contributed by atoms with E-state index < -0.39 is 10.0 Å². The largest absolute Gasteiger partial charge is 0.497 e. The molecule has 3 rings (SSSR count). The van der Waals surface area contributed by atoms with Gasteiger partial charge in [-0.15, -0.1) is 0 Å². The number of carbonyl (C=O) groups excluding carboxylic acids is 1. The van der Waals surface area contributed by atoms with Crippen molar-refractivity contribution in [3.05, 3.63) is 48.5 Å². The number of nitrogens with one attached hydrogen (secondary N) is 1. The Labute approximate surface area is 158 Å². The zero-order valence-corrected chi connectivity index (χ0v) is 16.0. The lowest BCUT2D eigenvalue weighted by molar-refractivity contribution is -0.117. The predicted molar refractivity (Wildman–Crippen MR) is 102 cm³/mol. The molecule has 0 radical (unpaired) electrons. The minimum atomic E-state index is -3.81. The van der Waals surface area contributed by atoms with Gasteiger partial charge in [0.05, 0.1) is 14.2 Å². The summed E-state index contributed by atoms with van der Waals surface area (Å²) in [4.78, 5) is 14.0. The number of amides is 1. The first kappa shape index (κ1) is 19.2. The number of hydrogen-bond acceptors (Lipinski definition) is 5. The second-order valence-corrected chi connectivity index (χ2v) is 8.01. The van der Waals surface area contributed by atoms with E-state index >= 15 is 0 Å². The highest BCUT2D eigenvalue weighted by atomic mass is 32.2. The first-order chi connectivity index (χ1) is 12.9. The molecule has 0 saturated carbocycles. The maximum atomic E-state index is 12.7. The van der Waals surface area contributed by atoms with E-state index in [9.17, 15) is 13.2 Å². The van der Waals surface area contributed by atoms with Crippen molar-refractivity contribution in [3.8, 4) is 11.5 Å². The van der Waals surface area contributed by atoms with Gasteiger partial charge in [-0.1, -0.05) is 18.2 Å². The molecule has 0 aliphatic carbocycles. The Morgan fingerprint density at radius 3 is 2.52 bits per heavy atom. The molecule has 7 nitrogen and oxygen atoms in total. The number of anilines is 1. The summed E-state index contributed by atoms with van der Waals surface area (Å²) in [6, 6.07) is 13.9. The third-order valence-corrected chi connectivity index (χ3v) is 5.94. The molecule has 144 valence electrons. The monoisotopic (exact) mass is 390 g/mol. The van der Waals surface area contributed by atoms with Crippen LogP contribution in [-0.4, -0.2) is 41.6 Å². The molecule has 0 aromatic heterocycles. The van der Waals surface area contributed by atoms with Gasteiger partial charge >= 0.3 is 0 Å². The number of benzene rings is 2. The molecule has 1 heterocycles.